The predicted molar refractivity (Wildman–Crippen MR) is 42.0 cm³/mol. The Morgan fingerprint density at radius 3 is 3.45 bits per heavy atom. The molecule has 2 unspecified atom stereocenters. The SMILES string of the molecule is Cc1cnc2n1C=CC1NC21. The Hall–Kier alpha value is -1.09. The molecule has 11 heavy (non-hydrogen) atoms. The first-order valence-corrected chi connectivity index (χ1v) is 3.84. The van der Waals surface area contributed by atoms with Crippen molar-refractivity contribution >= 4 is 6.20 Å². The number of imidazole rings is 1. The molecular weight excluding hydrogens is 138 g/mol. The number of aryl methyl sites for hydroxylation is 1. The van der Waals surface area contributed by atoms with Gasteiger partial charge in [0.2, 0.25) is 0 Å². The Balaban J connectivity index is 2.26. The molecule has 1 aromatic rings. The van der Waals surface area contributed by atoms with Gasteiger partial charge in [-0.1, -0.05) is 0 Å². The summed E-state index contributed by atoms with van der Waals surface area (Å²) in [5, 5.41) is 3.33. The van der Waals surface area contributed by atoms with Crippen LogP contribution >= 0.6 is 0 Å². The molecule has 0 bridgehead atoms. The molecule has 2 aliphatic rings. The normalized spacial score (nSPS) is 31.4. The minimum atomic E-state index is 0.494. The topological polar surface area (TPSA) is 39.8 Å². The van der Waals surface area contributed by atoms with Gasteiger partial charge in [-0.15, -0.1) is 0 Å². The van der Waals surface area contributed by atoms with Crippen LogP contribution in [0.3, 0.4) is 0 Å². The molecule has 1 aromatic heterocycles. The first-order valence-electron chi connectivity index (χ1n) is 3.84. The number of hydrogen-bond acceptors (Lipinski definition) is 2. The monoisotopic (exact) mass is 147 g/mol. The van der Waals surface area contributed by atoms with Gasteiger partial charge in [0.1, 0.15) is 5.82 Å². The van der Waals surface area contributed by atoms with Crippen LogP contribution in [-0.2, 0) is 0 Å². The van der Waals surface area contributed by atoms with E-state index in [0.29, 0.717) is 12.1 Å². The number of fused-ring (bicyclic) bond motifs is 3. The van der Waals surface area contributed by atoms with Gasteiger partial charge in [0.15, 0.2) is 0 Å². The molecule has 3 heteroatoms. The average molecular weight is 147 g/mol. The third kappa shape index (κ3) is 0.587. The van der Waals surface area contributed by atoms with Gasteiger partial charge in [-0.25, -0.2) is 4.98 Å². The summed E-state index contributed by atoms with van der Waals surface area (Å²) in [4.78, 5) is 4.33. The fraction of sp³-hybridized carbons (Fsp3) is 0.375. The van der Waals surface area contributed by atoms with Crippen molar-refractivity contribution in [2.45, 2.75) is 19.0 Å². The average Bonchev–Trinajstić information content (AvgIpc) is 2.71. The van der Waals surface area contributed by atoms with Crippen LogP contribution in [0.1, 0.15) is 17.6 Å². The largest absolute Gasteiger partial charge is 0.307 e. The number of rotatable bonds is 0. The smallest absolute Gasteiger partial charge is 0.132 e. The fourth-order valence-electron chi connectivity index (χ4n) is 1.62. The molecule has 3 rings (SSSR count). The molecule has 3 nitrogen and oxygen atoms in total. The highest BCUT2D eigenvalue weighted by Crippen LogP contribution is 2.33. The molecule has 0 radical (unpaired) electrons. The van der Waals surface area contributed by atoms with Crippen molar-refractivity contribution in [1.82, 2.24) is 14.9 Å². The highest BCUT2D eigenvalue weighted by atomic mass is 15.2. The molecule has 0 spiro atoms. The summed E-state index contributed by atoms with van der Waals surface area (Å²) in [5.41, 5.74) is 1.21. The van der Waals surface area contributed by atoms with E-state index in [2.05, 4.69) is 34.1 Å². The Bertz CT molecular complexity index is 337. The number of hydrogen-bond donors (Lipinski definition) is 1. The van der Waals surface area contributed by atoms with E-state index in [1.165, 1.54) is 5.69 Å². The van der Waals surface area contributed by atoms with E-state index in [9.17, 15) is 0 Å². The van der Waals surface area contributed by atoms with Gasteiger partial charge in [-0.3, -0.25) is 5.32 Å². The Morgan fingerprint density at radius 2 is 2.55 bits per heavy atom. The van der Waals surface area contributed by atoms with E-state index >= 15 is 0 Å². The van der Waals surface area contributed by atoms with Gasteiger partial charge in [-0.2, -0.15) is 0 Å². The second-order valence-electron chi connectivity index (χ2n) is 3.14. The lowest BCUT2D eigenvalue weighted by molar-refractivity contribution is 0.857. The standard InChI is InChI=1S/C8H9N3/c1-5-4-9-8-7-6(10-7)2-3-11(5)8/h2-4,6-7,10H,1H3. The summed E-state index contributed by atoms with van der Waals surface area (Å²) in [5.74, 6) is 1.16. The minimum Gasteiger partial charge on any atom is -0.307 e. The lowest BCUT2D eigenvalue weighted by atomic mass is 10.2. The fourth-order valence-corrected chi connectivity index (χ4v) is 1.62. The third-order valence-electron chi connectivity index (χ3n) is 2.35. The maximum absolute atomic E-state index is 4.33. The maximum Gasteiger partial charge on any atom is 0.132 e. The molecule has 0 amide bonds. The van der Waals surface area contributed by atoms with Gasteiger partial charge < -0.3 is 4.57 Å². The molecule has 3 heterocycles. The van der Waals surface area contributed by atoms with Crippen molar-refractivity contribution < 1.29 is 0 Å². The van der Waals surface area contributed by atoms with Crippen LogP contribution in [0.25, 0.3) is 6.20 Å². The van der Waals surface area contributed by atoms with Crippen molar-refractivity contribution in [3.05, 3.63) is 23.8 Å². The van der Waals surface area contributed by atoms with E-state index < -0.39 is 0 Å². The lowest BCUT2D eigenvalue weighted by Crippen LogP contribution is -2.02. The van der Waals surface area contributed by atoms with Crippen molar-refractivity contribution in [3.8, 4) is 0 Å². The van der Waals surface area contributed by atoms with Crippen molar-refractivity contribution in [1.29, 1.82) is 0 Å². The van der Waals surface area contributed by atoms with E-state index in [1.54, 1.807) is 0 Å². The minimum absolute atomic E-state index is 0.494. The Labute approximate surface area is 64.7 Å². The van der Waals surface area contributed by atoms with Crippen LogP contribution in [0, 0.1) is 6.92 Å². The molecule has 0 saturated carbocycles. The van der Waals surface area contributed by atoms with E-state index in [0.717, 1.165) is 5.82 Å². The predicted octanol–water partition coefficient (Wildman–Crippen LogP) is 0.689. The van der Waals surface area contributed by atoms with Crippen LogP contribution in [0.5, 0.6) is 0 Å². The van der Waals surface area contributed by atoms with Gasteiger partial charge in [0, 0.05) is 18.1 Å². The second-order valence-corrected chi connectivity index (χ2v) is 3.14. The molecule has 1 N–H and O–H groups in total. The van der Waals surface area contributed by atoms with Gasteiger partial charge >= 0.3 is 0 Å². The van der Waals surface area contributed by atoms with Crippen LogP contribution < -0.4 is 5.32 Å². The van der Waals surface area contributed by atoms with Gasteiger partial charge in [0.25, 0.3) is 0 Å². The Morgan fingerprint density at radius 1 is 1.64 bits per heavy atom. The zero-order valence-electron chi connectivity index (χ0n) is 6.28. The molecule has 0 aromatic carbocycles. The lowest BCUT2D eigenvalue weighted by Gasteiger charge is -2.05. The molecule has 1 fully saturated rings. The number of nitrogens with one attached hydrogen (secondary N) is 1. The molecule has 1 saturated heterocycles. The first-order chi connectivity index (χ1) is 5.36. The van der Waals surface area contributed by atoms with Crippen molar-refractivity contribution in [3.63, 3.8) is 0 Å². The quantitative estimate of drug-likeness (QED) is 0.548. The summed E-state index contributed by atoms with van der Waals surface area (Å²) in [6.45, 7) is 2.07. The highest BCUT2D eigenvalue weighted by Gasteiger charge is 2.40. The van der Waals surface area contributed by atoms with Crippen molar-refractivity contribution in [2.24, 2.45) is 0 Å². The molecule has 2 atom stereocenters. The zero-order chi connectivity index (χ0) is 7.42. The van der Waals surface area contributed by atoms with E-state index in [1.807, 2.05) is 6.20 Å². The van der Waals surface area contributed by atoms with E-state index in [-0.39, 0.29) is 0 Å². The maximum atomic E-state index is 4.33. The molecular formula is C8H9N3. The van der Waals surface area contributed by atoms with Crippen LogP contribution in [0.2, 0.25) is 0 Å². The van der Waals surface area contributed by atoms with Crippen LogP contribution in [-0.4, -0.2) is 15.6 Å². The summed E-state index contributed by atoms with van der Waals surface area (Å²) in [6.07, 6.45) is 6.20. The number of aromatic nitrogens is 2. The third-order valence-corrected chi connectivity index (χ3v) is 2.35. The first kappa shape index (κ1) is 5.55. The van der Waals surface area contributed by atoms with Gasteiger partial charge in [0.05, 0.1) is 12.1 Å². The summed E-state index contributed by atoms with van der Waals surface area (Å²) in [6, 6.07) is 1.05. The zero-order valence-corrected chi connectivity index (χ0v) is 6.28. The molecule has 2 aliphatic heterocycles. The summed E-state index contributed by atoms with van der Waals surface area (Å²) in [7, 11) is 0. The van der Waals surface area contributed by atoms with E-state index in [4.69, 9.17) is 0 Å². The second kappa shape index (κ2) is 1.56. The van der Waals surface area contributed by atoms with Gasteiger partial charge in [-0.05, 0) is 13.0 Å². The number of nitrogens with zero attached hydrogens (tertiary/aromatic N) is 2. The van der Waals surface area contributed by atoms with Crippen LogP contribution in [0.4, 0.5) is 0 Å². The summed E-state index contributed by atoms with van der Waals surface area (Å²) >= 11 is 0. The van der Waals surface area contributed by atoms with Crippen LogP contribution in [0.15, 0.2) is 12.3 Å². The Kier molecular flexibility index (Phi) is 0.786. The highest BCUT2D eigenvalue weighted by molar-refractivity contribution is 5.41. The summed E-state index contributed by atoms with van der Waals surface area (Å²) < 4.78 is 2.14. The molecule has 0 aliphatic carbocycles. The molecule has 56 valence electrons. The van der Waals surface area contributed by atoms with Crippen molar-refractivity contribution in [2.75, 3.05) is 0 Å².